The van der Waals surface area contributed by atoms with Crippen LogP contribution in [0, 0.1) is 6.92 Å². The lowest BCUT2D eigenvalue weighted by atomic mass is 10.2. The maximum Gasteiger partial charge on any atom is 0.109 e. The second kappa shape index (κ2) is 3.74. The Bertz CT molecular complexity index is 283. The topological polar surface area (TPSA) is 36.4 Å². The first-order valence-electron chi connectivity index (χ1n) is 4.58. The molecular formula is C9H14N2OS. The van der Waals surface area contributed by atoms with Crippen molar-refractivity contribution >= 4 is 11.3 Å². The predicted octanol–water partition coefficient (Wildman–Crippen LogP) is 1.19. The molecule has 0 aliphatic carbocycles. The zero-order chi connectivity index (χ0) is 9.26. The Morgan fingerprint density at radius 1 is 1.69 bits per heavy atom. The van der Waals surface area contributed by atoms with E-state index in [-0.39, 0.29) is 0 Å². The molecule has 1 aliphatic heterocycles. The predicted molar refractivity (Wildman–Crippen MR) is 52.9 cm³/mol. The van der Waals surface area contributed by atoms with Crippen LogP contribution in [0.5, 0.6) is 0 Å². The van der Waals surface area contributed by atoms with Gasteiger partial charge in [-0.05, 0) is 26.4 Å². The van der Waals surface area contributed by atoms with Crippen LogP contribution in [0.25, 0.3) is 0 Å². The number of hydrogen-bond acceptors (Lipinski definition) is 4. The molecule has 4 heteroatoms. The van der Waals surface area contributed by atoms with E-state index in [0.717, 1.165) is 30.3 Å². The first-order valence-corrected chi connectivity index (χ1v) is 5.46. The Balaban J connectivity index is 1.92. The maximum atomic E-state index is 9.77. The molecule has 0 spiro atoms. The van der Waals surface area contributed by atoms with E-state index in [1.54, 1.807) is 11.3 Å². The van der Waals surface area contributed by atoms with E-state index in [1.165, 1.54) is 6.42 Å². The molecule has 13 heavy (non-hydrogen) atoms. The summed E-state index contributed by atoms with van der Waals surface area (Å²) in [7, 11) is 0. The minimum absolute atomic E-state index is 0.398. The Labute approximate surface area is 82.0 Å². The van der Waals surface area contributed by atoms with Crippen molar-refractivity contribution in [3.63, 3.8) is 0 Å². The van der Waals surface area contributed by atoms with Crippen molar-refractivity contribution in [2.24, 2.45) is 0 Å². The van der Waals surface area contributed by atoms with E-state index in [4.69, 9.17) is 0 Å². The third-order valence-electron chi connectivity index (χ3n) is 2.36. The molecular weight excluding hydrogens is 184 g/mol. The summed E-state index contributed by atoms with van der Waals surface area (Å²) >= 11 is 1.60. The number of thiazole rings is 1. The van der Waals surface area contributed by atoms with Gasteiger partial charge in [0.1, 0.15) is 6.10 Å². The van der Waals surface area contributed by atoms with Crippen LogP contribution in [0.1, 0.15) is 23.2 Å². The highest BCUT2D eigenvalue weighted by atomic mass is 32.1. The van der Waals surface area contributed by atoms with Crippen molar-refractivity contribution in [2.45, 2.75) is 19.4 Å². The van der Waals surface area contributed by atoms with Gasteiger partial charge in [-0.2, -0.15) is 0 Å². The third kappa shape index (κ3) is 2.07. The minimum Gasteiger partial charge on any atom is -0.385 e. The second-order valence-corrected chi connectivity index (χ2v) is 4.52. The average Bonchev–Trinajstić information content (AvgIpc) is 2.44. The van der Waals surface area contributed by atoms with Gasteiger partial charge in [0.25, 0.3) is 0 Å². The fraction of sp³-hybridized carbons (Fsp3) is 0.667. The van der Waals surface area contributed by atoms with Gasteiger partial charge in [0, 0.05) is 11.9 Å². The zero-order valence-corrected chi connectivity index (χ0v) is 8.55. The van der Waals surface area contributed by atoms with Crippen LogP contribution in [0.15, 0.2) is 5.38 Å². The molecule has 1 aliphatic rings. The van der Waals surface area contributed by atoms with E-state index in [2.05, 4.69) is 9.88 Å². The van der Waals surface area contributed by atoms with E-state index in [9.17, 15) is 5.11 Å². The smallest absolute Gasteiger partial charge is 0.109 e. The van der Waals surface area contributed by atoms with Crippen molar-refractivity contribution in [1.82, 2.24) is 9.88 Å². The fourth-order valence-corrected chi connectivity index (χ4v) is 2.09. The summed E-state index contributed by atoms with van der Waals surface area (Å²) < 4.78 is 0. The van der Waals surface area contributed by atoms with Gasteiger partial charge < -0.3 is 10.0 Å². The summed E-state index contributed by atoms with van der Waals surface area (Å²) in [6.45, 7) is 4.95. The average molecular weight is 198 g/mol. The van der Waals surface area contributed by atoms with Crippen molar-refractivity contribution in [1.29, 1.82) is 0 Å². The van der Waals surface area contributed by atoms with Crippen molar-refractivity contribution in [2.75, 3.05) is 19.6 Å². The number of aromatic nitrogens is 1. The first-order chi connectivity index (χ1) is 6.25. The summed E-state index contributed by atoms with van der Waals surface area (Å²) in [5.74, 6) is 0. The van der Waals surface area contributed by atoms with Crippen LogP contribution in [0.3, 0.4) is 0 Å². The molecule has 2 heterocycles. The summed E-state index contributed by atoms with van der Waals surface area (Å²) in [5, 5.41) is 12.7. The SMILES string of the molecule is Cc1nc(C(O)CN2CCC2)cs1. The van der Waals surface area contributed by atoms with Crippen LogP contribution in [-0.2, 0) is 0 Å². The lowest BCUT2D eigenvalue weighted by Crippen LogP contribution is -2.39. The molecule has 1 N–H and O–H groups in total. The molecule has 1 fully saturated rings. The molecule has 72 valence electrons. The van der Waals surface area contributed by atoms with E-state index >= 15 is 0 Å². The zero-order valence-electron chi connectivity index (χ0n) is 7.73. The van der Waals surface area contributed by atoms with Gasteiger partial charge in [0.15, 0.2) is 0 Å². The highest BCUT2D eigenvalue weighted by Gasteiger charge is 2.19. The number of hydrogen-bond donors (Lipinski definition) is 1. The van der Waals surface area contributed by atoms with Gasteiger partial charge in [0.2, 0.25) is 0 Å². The van der Waals surface area contributed by atoms with E-state index in [0.29, 0.717) is 0 Å². The summed E-state index contributed by atoms with van der Waals surface area (Å²) in [4.78, 5) is 6.51. The van der Waals surface area contributed by atoms with Gasteiger partial charge in [0.05, 0.1) is 10.7 Å². The number of nitrogens with zero attached hydrogens (tertiary/aromatic N) is 2. The van der Waals surface area contributed by atoms with E-state index in [1.807, 2.05) is 12.3 Å². The van der Waals surface area contributed by atoms with Gasteiger partial charge in [-0.25, -0.2) is 4.98 Å². The number of β-amino-alcohol motifs (C(OH)–C–C–N with tert-alkyl or cyclic N) is 1. The molecule has 0 aromatic carbocycles. The lowest BCUT2D eigenvalue weighted by molar-refractivity contribution is 0.0766. The number of aryl methyl sites for hydroxylation is 1. The Kier molecular flexibility index (Phi) is 2.62. The molecule has 0 radical (unpaired) electrons. The van der Waals surface area contributed by atoms with Gasteiger partial charge in [-0.1, -0.05) is 0 Å². The minimum atomic E-state index is -0.398. The quantitative estimate of drug-likeness (QED) is 0.792. The highest BCUT2D eigenvalue weighted by Crippen LogP contribution is 2.19. The molecule has 0 saturated carbocycles. The van der Waals surface area contributed by atoms with Crippen molar-refractivity contribution < 1.29 is 5.11 Å². The monoisotopic (exact) mass is 198 g/mol. The fourth-order valence-electron chi connectivity index (χ4n) is 1.44. The standard InChI is InChI=1S/C9H14N2OS/c1-7-10-8(6-13-7)9(12)5-11-3-2-4-11/h6,9,12H,2-5H2,1H3. The summed E-state index contributed by atoms with van der Waals surface area (Å²) in [6, 6.07) is 0. The molecule has 0 amide bonds. The Morgan fingerprint density at radius 3 is 2.92 bits per heavy atom. The van der Waals surface area contributed by atoms with Crippen LogP contribution >= 0.6 is 11.3 Å². The largest absolute Gasteiger partial charge is 0.385 e. The summed E-state index contributed by atoms with van der Waals surface area (Å²) in [5.41, 5.74) is 0.828. The maximum absolute atomic E-state index is 9.77. The van der Waals surface area contributed by atoms with E-state index < -0.39 is 6.10 Å². The van der Waals surface area contributed by atoms with Crippen LogP contribution < -0.4 is 0 Å². The third-order valence-corrected chi connectivity index (χ3v) is 3.15. The normalized spacial score (nSPS) is 19.8. The van der Waals surface area contributed by atoms with Crippen LogP contribution in [0.4, 0.5) is 0 Å². The van der Waals surface area contributed by atoms with Gasteiger partial charge >= 0.3 is 0 Å². The highest BCUT2D eigenvalue weighted by molar-refractivity contribution is 7.09. The molecule has 1 aromatic heterocycles. The number of aliphatic hydroxyl groups is 1. The molecule has 0 bridgehead atoms. The Hall–Kier alpha value is -0.450. The van der Waals surface area contributed by atoms with Crippen molar-refractivity contribution in [3.05, 3.63) is 16.1 Å². The second-order valence-electron chi connectivity index (χ2n) is 3.46. The van der Waals surface area contributed by atoms with Crippen LogP contribution in [0.2, 0.25) is 0 Å². The van der Waals surface area contributed by atoms with Crippen LogP contribution in [-0.4, -0.2) is 34.6 Å². The molecule has 1 saturated heterocycles. The molecule has 2 rings (SSSR count). The number of rotatable bonds is 3. The molecule has 1 atom stereocenters. The molecule has 3 nitrogen and oxygen atoms in total. The first kappa shape index (κ1) is 9.12. The number of likely N-dealkylation sites (tertiary alicyclic amines) is 1. The number of aliphatic hydroxyl groups excluding tert-OH is 1. The molecule has 1 aromatic rings. The van der Waals surface area contributed by atoms with Gasteiger partial charge in [-0.15, -0.1) is 11.3 Å². The lowest BCUT2D eigenvalue weighted by Gasteiger charge is -2.31. The molecule has 1 unspecified atom stereocenters. The van der Waals surface area contributed by atoms with Crippen molar-refractivity contribution in [3.8, 4) is 0 Å². The van der Waals surface area contributed by atoms with Gasteiger partial charge in [-0.3, -0.25) is 0 Å². The summed E-state index contributed by atoms with van der Waals surface area (Å²) in [6.07, 6.45) is 0.869. The Morgan fingerprint density at radius 2 is 2.46 bits per heavy atom.